The van der Waals surface area contributed by atoms with Crippen LogP contribution in [0.3, 0.4) is 0 Å². The molecule has 0 saturated carbocycles. The minimum Gasteiger partial charge on any atom is -0.386 e. The Kier molecular flexibility index (Phi) is 4.10. The summed E-state index contributed by atoms with van der Waals surface area (Å²) in [5.41, 5.74) is 3.03. The van der Waals surface area contributed by atoms with Gasteiger partial charge in [0, 0.05) is 37.4 Å². The average Bonchev–Trinajstić information content (AvgIpc) is 3.16. The first kappa shape index (κ1) is 13.9. The molecule has 0 aliphatic carbocycles. The van der Waals surface area contributed by atoms with Crippen molar-refractivity contribution in [3.63, 3.8) is 0 Å². The quantitative estimate of drug-likeness (QED) is 0.870. The Balaban J connectivity index is 1.83. The highest BCUT2D eigenvalue weighted by molar-refractivity contribution is 7.09. The van der Waals surface area contributed by atoms with Crippen LogP contribution in [0.4, 0.5) is 22.2 Å². The molecule has 21 heavy (non-hydrogen) atoms. The maximum atomic E-state index is 4.28. The molecule has 0 radical (unpaired) electrons. The van der Waals surface area contributed by atoms with Crippen molar-refractivity contribution in [1.82, 2.24) is 9.36 Å². The molecule has 1 aromatic carbocycles. The van der Waals surface area contributed by atoms with Crippen LogP contribution in [0.5, 0.6) is 0 Å². The molecule has 1 aliphatic rings. The van der Waals surface area contributed by atoms with Gasteiger partial charge in [0.1, 0.15) is 11.5 Å². The number of nitrogens with zero attached hydrogens (tertiary/aromatic N) is 5. The van der Waals surface area contributed by atoms with E-state index in [1.165, 1.54) is 30.1 Å². The fraction of sp³-hybridized carbons (Fsp3) is 0.429. The number of anilines is 2. The molecule has 0 amide bonds. The molecule has 1 fully saturated rings. The number of benzene rings is 1. The van der Waals surface area contributed by atoms with E-state index < -0.39 is 0 Å². The second-order valence-electron chi connectivity index (χ2n) is 4.97. The third-order valence-electron chi connectivity index (χ3n) is 3.48. The lowest BCUT2D eigenvalue weighted by Gasteiger charge is -2.18. The Labute approximate surface area is 128 Å². The number of nitrogens with one attached hydrogen (secondary N) is 1. The van der Waals surface area contributed by atoms with Gasteiger partial charge in [-0.25, -0.2) is 4.98 Å². The zero-order valence-corrected chi connectivity index (χ0v) is 13.0. The van der Waals surface area contributed by atoms with E-state index in [4.69, 9.17) is 0 Å². The van der Waals surface area contributed by atoms with Crippen LogP contribution in [0.25, 0.3) is 0 Å². The Morgan fingerprint density at radius 3 is 2.71 bits per heavy atom. The molecule has 1 aromatic heterocycles. The van der Waals surface area contributed by atoms with E-state index >= 15 is 0 Å². The van der Waals surface area contributed by atoms with Gasteiger partial charge in [-0.1, -0.05) is 0 Å². The fourth-order valence-corrected chi connectivity index (χ4v) is 2.91. The monoisotopic (exact) mass is 302 g/mol. The van der Waals surface area contributed by atoms with Crippen molar-refractivity contribution in [2.24, 2.45) is 10.2 Å². The van der Waals surface area contributed by atoms with E-state index in [1.54, 1.807) is 0 Å². The molecule has 6 nitrogen and oxygen atoms in total. The number of hydrogen-bond donors (Lipinski definition) is 1. The van der Waals surface area contributed by atoms with E-state index in [2.05, 4.69) is 41.9 Å². The highest BCUT2D eigenvalue weighted by atomic mass is 32.1. The van der Waals surface area contributed by atoms with Crippen molar-refractivity contribution in [3.05, 3.63) is 24.0 Å². The van der Waals surface area contributed by atoms with Gasteiger partial charge in [-0.2, -0.15) is 4.37 Å². The predicted octanol–water partition coefficient (Wildman–Crippen LogP) is 3.90. The number of aryl methyl sites for hydroxylation is 1. The lowest BCUT2D eigenvalue weighted by atomic mass is 10.2. The summed E-state index contributed by atoms with van der Waals surface area (Å²) >= 11 is 1.26. The summed E-state index contributed by atoms with van der Waals surface area (Å²) in [7, 11) is 1.90. The summed E-state index contributed by atoms with van der Waals surface area (Å²) < 4.78 is 4.09. The minimum absolute atomic E-state index is 0.582. The van der Waals surface area contributed by atoms with Gasteiger partial charge in [0.05, 0.1) is 5.69 Å². The molecule has 2 aromatic rings. The number of azo groups is 1. The number of aromatic nitrogens is 2. The van der Waals surface area contributed by atoms with Crippen LogP contribution < -0.4 is 10.2 Å². The van der Waals surface area contributed by atoms with Crippen molar-refractivity contribution in [3.8, 4) is 0 Å². The van der Waals surface area contributed by atoms with E-state index in [1.807, 2.05) is 20.0 Å². The zero-order chi connectivity index (χ0) is 14.7. The largest absolute Gasteiger partial charge is 0.386 e. The second kappa shape index (κ2) is 6.17. The molecule has 1 N–H and O–H groups in total. The first-order valence-corrected chi connectivity index (χ1v) is 7.82. The van der Waals surface area contributed by atoms with Crippen LogP contribution in [0, 0.1) is 6.92 Å². The summed E-state index contributed by atoms with van der Waals surface area (Å²) in [6.07, 6.45) is 2.54. The summed E-state index contributed by atoms with van der Waals surface area (Å²) in [6, 6.07) is 6.23. The minimum atomic E-state index is 0.582. The lowest BCUT2D eigenvalue weighted by molar-refractivity contribution is 0.949. The van der Waals surface area contributed by atoms with Crippen LogP contribution in [-0.4, -0.2) is 29.5 Å². The summed E-state index contributed by atoms with van der Waals surface area (Å²) in [5, 5.41) is 12.2. The predicted molar refractivity (Wildman–Crippen MR) is 86.3 cm³/mol. The first-order chi connectivity index (χ1) is 10.3. The summed E-state index contributed by atoms with van der Waals surface area (Å²) in [5.74, 6) is 0.729. The molecule has 0 atom stereocenters. The van der Waals surface area contributed by atoms with E-state index in [9.17, 15) is 0 Å². The molecule has 110 valence electrons. The topological polar surface area (TPSA) is 65.8 Å². The molecule has 1 saturated heterocycles. The third kappa shape index (κ3) is 3.18. The molecule has 0 spiro atoms. The fourth-order valence-electron chi connectivity index (χ4n) is 2.41. The van der Waals surface area contributed by atoms with Gasteiger partial charge >= 0.3 is 0 Å². The smallest absolute Gasteiger partial charge is 0.249 e. The molecular formula is C14H18N6S. The molecule has 1 aliphatic heterocycles. The Bertz CT molecular complexity index is 645. The van der Waals surface area contributed by atoms with Crippen LogP contribution >= 0.6 is 11.5 Å². The molecule has 7 heteroatoms. The normalized spacial score (nSPS) is 15.0. The Hall–Kier alpha value is -2.02. The highest BCUT2D eigenvalue weighted by Crippen LogP contribution is 2.32. The van der Waals surface area contributed by atoms with E-state index in [0.29, 0.717) is 5.13 Å². The van der Waals surface area contributed by atoms with Crippen LogP contribution in [0.2, 0.25) is 0 Å². The van der Waals surface area contributed by atoms with Gasteiger partial charge in [0.15, 0.2) is 0 Å². The zero-order valence-electron chi connectivity index (χ0n) is 12.2. The van der Waals surface area contributed by atoms with Gasteiger partial charge in [-0.05, 0) is 38.0 Å². The number of rotatable bonds is 4. The maximum Gasteiger partial charge on any atom is 0.249 e. The van der Waals surface area contributed by atoms with Crippen molar-refractivity contribution < 1.29 is 0 Å². The highest BCUT2D eigenvalue weighted by Gasteiger charge is 2.13. The van der Waals surface area contributed by atoms with Crippen LogP contribution in [-0.2, 0) is 0 Å². The van der Waals surface area contributed by atoms with Crippen molar-refractivity contribution in [2.45, 2.75) is 19.8 Å². The summed E-state index contributed by atoms with van der Waals surface area (Å²) in [6.45, 7) is 4.11. The average molecular weight is 302 g/mol. The Morgan fingerprint density at radius 2 is 2.05 bits per heavy atom. The third-order valence-corrected chi connectivity index (χ3v) is 4.17. The van der Waals surface area contributed by atoms with Crippen molar-refractivity contribution in [1.29, 1.82) is 0 Å². The molecule has 0 bridgehead atoms. The van der Waals surface area contributed by atoms with Gasteiger partial charge in [-0.3, -0.25) is 0 Å². The van der Waals surface area contributed by atoms with Gasteiger partial charge in [0.25, 0.3) is 0 Å². The SMILES string of the molecule is CNc1cc(N2CCCC2)ccc1N=Nc1nc(C)ns1. The van der Waals surface area contributed by atoms with Crippen molar-refractivity contribution >= 4 is 33.7 Å². The molecule has 2 heterocycles. The van der Waals surface area contributed by atoms with E-state index in [-0.39, 0.29) is 0 Å². The Morgan fingerprint density at radius 1 is 1.24 bits per heavy atom. The van der Waals surface area contributed by atoms with E-state index in [0.717, 1.165) is 30.3 Å². The molecular weight excluding hydrogens is 284 g/mol. The van der Waals surface area contributed by atoms with Crippen LogP contribution in [0.1, 0.15) is 18.7 Å². The standard InChI is InChI=1S/C14H18N6S/c1-10-16-14(21-19-10)18-17-12-6-5-11(9-13(12)15-2)20-7-3-4-8-20/h5-6,9,15H,3-4,7-8H2,1-2H3. The van der Waals surface area contributed by atoms with Crippen LogP contribution in [0.15, 0.2) is 28.4 Å². The van der Waals surface area contributed by atoms with Gasteiger partial charge < -0.3 is 10.2 Å². The summed E-state index contributed by atoms with van der Waals surface area (Å²) in [4.78, 5) is 6.58. The second-order valence-corrected chi connectivity index (χ2v) is 5.70. The first-order valence-electron chi connectivity index (χ1n) is 7.05. The number of hydrogen-bond acceptors (Lipinski definition) is 7. The maximum absolute atomic E-state index is 4.28. The van der Waals surface area contributed by atoms with Gasteiger partial charge in [0.2, 0.25) is 5.13 Å². The van der Waals surface area contributed by atoms with Crippen molar-refractivity contribution in [2.75, 3.05) is 30.4 Å². The lowest BCUT2D eigenvalue weighted by Crippen LogP contribution is -2.17. The molecule has 0 unspecified atom stereocenters. The van der Waals surface area contributed by atoms with Gasteiger partial charge in [-0.15, -0.1) is 10.2 Å². The molecule has 3 rings (SSSR count).